The third-order valence-corrected chi connectivity index (χ3v) is 8.85. The van der Waals surface area contributed by atoms with Crippen LogP contribution in [0.4, 0.5) is 0 Å². The first-order chi connectivity index (χ1) is 15.0. The van der Waals surface area contributed by atoms with Crippen LogP contribution in [0.15, 0.2) is 43.0 Å². The van der Waals surface area contributed by atoms with E-state index in [2.05, 4.69) is 52.1 Å². The van der Waals surface area contributed by atoms with Crippen LogP contribution in [0.5, 0.6) is 0 Å². The Morgan fingerprint density at radius 1 is 1.00 bits per heavy atom. The van der Waals surface area contributed by atoms with Crippen molar-refractivity contribution >= 4 is 0 Å². The van der Waals surface area contributed by atoms with Crippen LogP contribution >= 0.6 is 0 Å². The summed E-state index contributed by atoms with van der Waals surface area (Å²) in [6.07, 6.45) is 21.2. The van der Waals surface area contributed by atoms with Crippen molar-refractivity contribution in [2.24, 2.45) is 17.3 Å². The second-order valence-electron chi connectivity index (χ2n) is 10.9. The number of hydrogen-bond donors (Lipinski definition) is 0. The first-order valence-electron chi connectivity index (χ1n) is 13.4. The third kappa shape index (κ3) is 5.74. The van der Waals surface area contributed by atoms with Gasteiger partial charge in [0.05, 0.1) is 0 Å². The van der Waals surface area contributed by atoms with E-state index in [0.717, 1.165) is 17.8 Å². The minimum Gasteiger partial charge on any atom is -0.103 e. The molecule has 0 heteroatoms. The lowest BCUT2D eigenvalue weighted by atomic mass is 9.55. The van der Waals surface area contributed by atoms with E-state index >= 15 is 0 Å². The summed E-state index contributed by atoms with van der Waals surface area (Å²) in [7, 11) is 0. The van der Waals surface area contributed by atoms with Crippen molar-refractivity contribution in [3.63, 3.8) is 0 Å². The molecule has 2 saturated carbocycles. The Kier molecular flexibility index (Phi) is 9.06. The van der Waals surface area contributed by atoms with E-state index in [-0.39, 0.29) is 0 Å². The third-order valence-electron chi connectivity index (χ3n) is 8.85. The fraction of sp³-hybridized carbons (Fsp3) is 0.677. The highest BCUT2D eigenvalue weighted by Crippen LogP contribution is 2.62. The van der Waals surface area contributed by atoms with Crippen LogP contribution in [0.3, 0.4) is 0 Å². The summed E-state index contributed by atoms with van der Waals surface area (Å²) in [6, 6.07) is 7.20. The van der Waals surface area contributed by atoms with Gasteiger partial charge in [-0.05, 0) is 92.6 Å². The average Bonchev–Trinajstić information content (AvgIpc) is 3.08. The number of aryl methyl sites for hydroxylation is 2. The minimum absolute atomic E-state index is 0.462. The quantitative estimate of drug-likeness (QED) is 0.290. The zero-order valence-electron chi connectivity index (χ0n) is 20.9. The zero-order valence-corrected chi connectivity index (χ0v) is 20.9. The molecule has 4 atom stereocenters. The fourth-order valence-electron chi connectivity index (χ4n) is 6.86. The molecule has 0 saturated heterocycles. The van der Waals surface area contributed by atoms with E-state index in [4.69, 9.17) is 0 Å². The summed E-state index contributed by atoms with van der Waals surface area (Å²) in [5, 5.41) is 0. The van der Waals surface area contributed by atoms with Crippen LogP contribution < -0.4 is 0 Å². The second kappa shape index (κ2) is 11.5. The van der Waals surface area contributed by atoms with Crippen molar-refractivity contribution in [3.05, 3.63) is 59.7 Å². The number of benzene rings is 1. The first-order valence-corrected chi connectivity index (χ1v) is 13.4. The maximum Gasteiger partial charge on any atom is -0.00876 e. The lowest BCUT2D eigenvalue weighted by molar-refractivity contribution is 0.0817. The van der Waals surface area contributed by atoms with Crippen LogP contribution in [-0.4, -0.2) is 0 Å². The molecule has 0 radical (unpaired) electrons. The number of hydrogen-bond acceptors (Lipinski definition) is 0. The Bertz CT molecular complexity index is 726. The maximum atomic E-state index is 4.40. The molecule has 1 aromatic rings. The van der Waals surface area contributed by atoms with E-state index in [1.807, 2.05) is 6.08 Å². The SMILES string of the molecule is C=C1CCC2C3CCc4cc(C)ccc4C3CCC12C.C=CCCCCCCCCC. The Hall–Kier alpha value is -1.30. The molecule has 0 nitrogen and oxygen atoms in total. The summed E-state index contributed by atoms with van der Waals surface area (Å²) < 4.78 is 0. The minimum atomic E-state index is 0.462. The van der Waals surface area contributed by atoms with Gasteiger partial charge < -0.3 is 0 Å². The molecule has 0 bridgehead atoms. The molecular formula is C31H48. The molecule has 0 aromatic heterocycles. The van der Waals surface area contributed by atoms with Gasteiger partial charge in [0.1, 0.15) is 0 Å². The molecule has 4 unspecified atom stereocenters. The van der Waals surface area contributed by atoms with Crippen molar-refractivity contribution in [3.8, 4) is 0 Å². The molecule has 0 heterocycles. The molecule has 2 fully saturated rings. The van der Waals surface area contributed by atoms with Crippen LogP contribution in [-0.2, 0) is 6.42 Å². The number of unbranched alkanes of at least 4 members (excludes halogenated alkanes) is 7. The molecule has 1 aromatic carbocycles. The Morgan fingerprint density at radius 3 is 2.48 bits per heavy atom. The second-order valence-corrected chi connectivity index (χ2v) is 10.9. The lowest BCUT2D eigenvalue weighted by Crippen LogP contribution is -2.40. The predicted molar refractivity (Wildman–Crippen MR) is 138 cm³/mol. The Labute approximate surface area is 193 Å². The first kappa shape index (κ1) is 24.3. The molecular weight excluding hydrogens is 372 g/mol. The van der Waals surface area contributed by atoms with Crippen molar-refractivity contribution in [2.75, 3.05) is 0 Å². The molecule has 3 aliphatic rings. The lowest BCUT2D eigenvalue weighted by Gasteiger charge is -2.49. The summed E-state index contributed by atoms with van der Waals surface area (Å²) in [5.41, 5.74) is 6.77. The summed E-state index contributed by atoms with van der Waals surface area (Å²) in [6.45, 7) is 15.1. The molecule has 0 aliphatic heterocycles. The average molecular weight is 421 g/mol. The largest absolute Gasteiger partial charge is 0.103 e. The topological polar surface area (TPSA) is 0 Å². The van der Waals surface area contributed by atoms with Gasteiger partial charge in [0, 0.05) is 0 Å². The van der Waals surface area contributed by atoms with Gasteiger partial charge in [0.2, 0.25) is 0 Å². The summed E-state index contributed by atoms with van der Waals surface area (Å²) >= 11 is 0. The van der Waals surface area contributed by atoms with Crippen molar-refractivity contribution in [1.82, 2.24) is 0 Å². The maximum absolute atomic E-state index is 4.40. The fourth-order valence-corrected chi connectivity index (χ4v) is 6.86. The van der Waals surface area contributed by atoms with Gasteiger partial charge in [-0.2, -0.15) is 0 Å². The van der Waals surface area contributed by atoms with Gasteiger partial charge in [-0.1, -0.05) is 94.4 Å². The standard InChI is InChI=1S/C20H26.C11H22/c1-13-4-7-16-15(12-13)6-8-18-17(16)10-11-20(3)14(2)5-9-19(18)20;1-3-5-7-9-11-10-8-6-4-2/h4,7,12,17-19H,2,5-6,8-11H2,1,3H3;3H,1,4-11H2,2H3. The van der Waals surface area contributed by atoms with Gasteiger partial charge in [0.25, 0.3) is 0 Å². The van der Waals surface area contributed by atoms with Gasteiger partial charge in [0.15, 0.2) is 0 Å². The molecule has 0 spiro atoms. The molecule has 4 rings (SSSR count). The number of fused-ring (bicyclic) bond motifs is 5. The van der Waals surface area contributed by atoms with Gasteiger partial charge >= 0.3 is 0 Å². The van der Waals surface area contributed by atoms with Gasteiger partial charge in [-0.15, -0.1) is 6.58 Å². The Balaban J connectivity index is 0.000000214. The van der Waals surface area contributed by atoms with Crippen LogP contribution in [0, 0.1) is 24.2 Å². The van der Waals surface area contributed by atoms with E-state index < -0.39 is 0 Å². The van der Waals surface area contributed by atoms with Crippen molar-refractivity contribution in [1.29, 1.82) is 0 Å². The molecule has 31 heavy (non-hydrogen) atoms. The van der Waals surface area contributed by atoms with E-state index in [1.165, 1.54) is 95.5 Å². The van der Waals surface area contributed by atoms with Crippen molar-refractivity contribution < 1.29 is 0 Å². The monoisotopic (exact) mass is 420 g/mol. The van der Waals surface area contributed by atoms with Gasteiger partial charge in [-0.25, -0.2) is 0 Å². The predicted octanol–water partition coefficient (Wildman–Crippen LogP) is 9.72. The van der Waals surface area contributed by atoms with Gasteiger partial charge in [-0.3, -0.25) is 0 Å². The van der Waals surface area contributed by atoms with Crippen LogP contribution in [0.2, 0.25) is 0 Å². The summed E-state index contributed by atoms with van der Waals surface area (Å²) in [4.78, 5) is 0. The normalized spacial score (nSPS) is 28.7. The number of rotatable bonds is 8. The summed E-state index contributed by atoms with van der Waals surface area (Å²) in [5.74, 6) is 2.66. The van der Waals surface area contributed by atoms with E-state index in [0.29, 0.717) is 5.41 Å². The van der Waals surface area contributed by atoms with Crippen molar-refractivity contribution in [2.45, 2.75) is 117 Å². The highest BCUT2D eigenvalue weighted by Gasteiger charge is 2.51. The zero-order chi connectivity index (χ0) is 22.3. The van der Waals surface area contributed by atoms with E-state index in [1.54, 1.807) is 16.7 Å². The molecule has 3 aliphatic carbocycles. The highest BCUT2D eigenvalue weighted by molar-refractivity contribution is 5.38. The molecule has 172 valence electrons. The molecule has 0 amide bonds. The van der Waals surface area contributed by atoms with Crippen LogP contribution in [0.1, 0.15) is 120 Å². The molecule has 0 N–H and O–H groups in total. The van der Waals surface area contributed by atoms with E-state index in [9.17, 15) is 0 Å². The smallest absolute Gasteiger partial charge is 0.00876 e. The number of allylic oxidation sites excluding steroid dienone is 2. The van der Waals surface area contributed by atoms with Crippen LogP contribution in [0.25, 0.3) is 0 Å². The highest BCUT2D eigenvalue weighted by atomic mass is 14.6. The Morgan fingerprint density at radius 2 is 1.74 bits per heavy atom.